The molecule has 2 heterocycles. The predicted octanol–water partition coefficient (Wildman–Crippen LogP) is 5.92. The van der Waals surface area contributed by atoms with Crippen molar-refractivity contribution in [3.05, 3.63) is 80.5 Å². The molecule has 174 valence electrons. The highest BCUT2D eigenvalue weighted by atomic mass is 32.2. The fourth-order valence-corrected chi connectivity index (χ4v) is 6.66. The van der Waals surface area contributed by atoms with E-state index < -0.39 is 0 Å². The molecular formula is C27H27N3O2S2. The first-order valence-corrected chi connectivity index (χ1v) is 13.3. The average molecular weight is 490 g/mol. The van der Waals surface area contributed by atoms with Gasteiger partial charge in [0.05, 0.1) is 16.8 Å². The van der Waals surface area contributed by atoms with Crippen molar-refractivity contribution < 1.29 is 4.79 Å². The molecule has 1 atom stereocenters. The Balaban J connectivity index is 1.50. The number of rotatable bonds is 5. The average Bonchev–Trinajstić information content (AvgIpc) is 3.18. The fourth-order valence-electron chi connectivity index (χ4n) is 4.42. The first kappa shape index (κ1) is 22.9. The van der Waals surface area contributed by atoms with Crippen molar-refractivity contribution in [2.45, 2.75) is 45.2 Å². The predicted molar refractivity (Wildman–Crippen MR) is 142 cm³/mol. The van der Waals surface area contributed by atoms with E-state index in [0.717, 1.165) is 46.4 Å². The molecule has 0 saturated carbocycles. The van der Waals surface area contributed by atoms with E-state index in [9.17, 15) is 9.59 Å². The molecule has 1 aliphatic carbocycles. The normalized spacial score (nSPS) is 15.3. The van der Waals surface area contributed by atoms with Crippen molar-refractivity contribution >= 4 is 44.9 Å². The maximum absolute atomic E-state index is 13.8. The lowest BCUT2D eigenvalue weighted by Crippen LogP contribution is -2.23. The number of hydrogen-bond donors (Lipinski definition) is 1. The van der Waals surface area contributed by atoms with Gasteiger partial charge in [-0.1, -0.05) is 43.0 Å². The fraction of sp³-hybridized carbons (Fsp3) is 0.296. The van der Waals surface area contributed by atoms with Crippen LogP contribution in [0.5, 0.6) is 0 Å². The molecule has 0 radical (unpaired) electrons. The van der Waals surface area contributed by atoms with E-state index in [0.29, 0.717) is 11.1 Å². The summed E-state index contributed by atoms with van der Waals surface area (Å²) in [5.41, 5.74) is 4.99. The van der Waals surface area contributed by atoms with Gasteiger partial charge in [-0.3, -0.25) is 14.2 Å². The van der Waals surface area contributed by atoms with Crippen molar-refractivity contribution in [3.8, 4) is 5.69 Å². The zero-order valence-corrected chi connectivity index (χ0v) is 21.2. The number of amides is 1. The van der Waals surface area contributed by atoms with Gasteiger partial charge >= 0.3 is 0 Å². The highest BCUT2D eigenvalue weighted by molar-refractivity contribution is 7.99. The third-order valence-corrected chi connectivity index (χ3v) is 8.52. The number of nitrogens with one attached hydrogen (secondary N) is 1. The molecule has 1 aliphatic rings. The van der Waals surface area contributed by atoms with Crippen LogP contribution in [0, 0.1) is 19.8 Å². The third-order valence-electron chi connectivity index (χ3n) is 6.44. The maximum atomic E-state index is 13.8. The van der Waals surface area contributed by atoms with Gasteiger partial charge in [-0.2, -0.15) is 0 Å². The summed E-state index contributed by atoms with van der Waals surface area (Å²) < 4.78 is 1.67. The molecule has 7 heteroatoms. The standard InChI is InChI=1S/C27H27N3O2S2/c1-16-9-12-21-22(13-16)34-25-24(21)26(32)30(20-7-5-4-6-8-20)27(29-25)33-15-23(31)28-19-11-10-17(2)18(3)14-19/h4-8,10-11,14,16H,9,12-13,15H2,1-3H3,(H,28,31). The zero-order chi connectivity index (χ0) is 23.8. The summed E-state index contributed by atoms with van der Waals surface area (Å²) in [6, 6.07) is 15.5. The smallest absolute Gasteiger partial charge is 0.267 e. The number of anilines is 1. The molecule has 5 nitrogen and oxygen atoms in total. The highest BCUT2D eigenvalue weighted by Crippen LogP contribution is 2.37. The van der Waals surface area contributed by atoms with Crippen LogP contribution in [0.4, 0.5) is 5.69 Å². The molecule has 1 unspecified atom stereocenters. The molecule has 1 N–H and O–H groups in total. The van der Waals surface area contributed by atoms with Crippen LogP contribution in [-0.2, 0) is 17.6 Å². The van der Waals surface area contributed by atoms with Gasteiger partial charge in [0.2, 0.25) is 5.91 Å². The van der Waals surface area contributed by atoms with Crippen LogP contribution >= 0.6 is 23.1 Å². The van der Waals surface area contributed by atoms with E-state index >= 15 is 0 Å². The number of fused-ring (bicyclic) bond motifs is 3. The van der Waals surface area contributed by atoms with Gasteiger partial charge in [0.15, 0.2) is 5.16 Å². The number of thioether (sulfide) groups is 1. The number of hydrogen-bond acceptors (Lipinski definition) is 5. The Labute approximate surface area is 207 Å². The second-order valence-corrected chi connectivity index (χ2v) is 11.1. The Kier molecular flexibility index (Phi) is 6.32. The van der Waals surface area contributed by atoms with E-state index in [2.05, 4.69) is 12.2 Å². The molecule has 34 heavy (non-hydrogen) atoms. The van der Waals surface area contributed by atoms with Gasteiger partial charge in [0.25, 0.3) is 5.56 Å². The third kappa shape index (κ3) is 4.42. The number of carbonyl (C=O) groups excluding carboxylic acids is 1. The number of para-hydroxylation sites is 1. The van der Waals surface area contributed by atoms with Crippen molar-refractivity contribution in [2.75, 3.05) is 11.1 Å². The summed E-state index contributed by atoms with van der Waals surface area (Å²) in [5, 5.41) is 4.26. The Bertz CT molecular complexity index is 1440. The molecule has 0 saturated heterocycles. The molecule has 2 aromatic heterocycles. The number of thiophene rings is 1. The lowest BCUT2D eigenvalue weighted by molar-refractivity contribution is -0.113. The Morgan fingerprint density at radius 2 is 1.97 bits per heavy atom. The number of nitrogens with zero attached hydrogens (tertiary/aromatic N) is 2. The largest absolute Gasteiger partial charge is 0.325 e. The van der Waals surface area contributed by atoms with Crippen molar-refractivity contribution in [1.82, 2.24) is 9.55 Å². The van der Waals surface area contributed by atoms with E-state index in [4.69, 9.17) is 4.98 Å². The number of aryl methyl sites for hydroxylation is 3. The Morgan fingerprint density at radius 3 is 2.74 bits per heavy atom. The molecule has 0 spiro atoms. The summed E-state index contributed by atoms with van der Waals surface area (Å²) in [5.74, 6) is 0.668. The van der Waals surface area contributed by atoms with Crippen molar-refractivity contribution in [3.63, 3.8) is 0 Å². The van der Waals surface area contributed by atoms with Gasteiger partial charge in [0, 0.05) is 10.6 Å². The molecule has 5 rings (SSSR count). The molecule has 2 aromatic carbocycles. The van der Waals surface area contributed by atoms with Gasteiger partial charge in [-0.15, -0.1) is 11.3 Å². The van der Waals surface area contributed by atoms with Gasteiger partial charge in [0.1, 0.15) is 4.83 Å². The van der Waals surface area contributed by atoms with Gasteiger partial charge in [-0.25, -0.2) is 4.98 Å². The first-order valence-electron chi connectivity index (χ1n) is 11.5. The lowest BCUT2D eigenvalue weighted by Gasteiger charge is -2.17. The van der Waals surface area contributed by atoms with Crippen molar-refractivity contribution in [2.24, 2.45) is 5.92 Å². The number of benzene rings is 2. The van der Waals surface area contributed by atoms with Crippen LogP contribution < -0.4 is 10.9 Å². The van der Waals surface area contributed by atoms with Crippen LogP contribution in [0.25, 0.3) is 15.9 Å². The summed E-state index contributed by atoms with van der Waals surface area (Å²) in [7, 11) is 0. The minimum absolute atomic E-state index is 0.0414. The minimum atomic E-state index is -0.124. The quantitative estimate of drug-likeness (QED) is 0.279. The molecule has 1 amide bonds. The monoisotopic (exact) mass is 489 g/mol. The summed E-state index contributed by atoms with van der Waals surface area (Å²) in [6.07, 6.45) is 3.02. The zero-order valence-electron chi connectivity index (χ0n) is 19.6. The second kappa shape index (κ2) is 9.39. The molecule has 4 aromatic rings. The minimum Gasteiger partial charge on any atom is -0.325 e. The summed E-state index contributed by atoms with van der Waals surface area (Å²) in [6.45, 7) is 6.34. The summed E-state index contributed by atoms with van der Waals surface area (Å²) in [4.78, 5) is 33.5. The maximum Gasteiger partial charge on any atom is 0.267 e. The molecule has 0 aliphatic heterocycles. The SMILES string of the molecule is Cc1ccc(NC(=O)CSc2nc3sc4c(c3c(=O)n2-c2ccccc2)CCC(C)C4)cc1C. The number of aromatic nitrogens is 2. The van der Waals surface area contributed by atoms with Gasteiger partial charge < -0.3 is 5.32 Å². The van der Waals surface area contributed by atoms with Crippen LogP contribution in [0.1, 0.15) is 34.9 Å². The summed E-state index contributed by atoms with van der Waals surface area (Å²) >= 11 is 2.94. The van der Waals surface area contributed by atoms with Crippen LogP contribution in [-0.4, -0.2) is 21.2 Å². The topological polar surface area (TPSA) is 64.0 Å². The van der Waals surface area contributed by atoms with E-state index in [1.165, 1.54) is 27.8 Å². The van der Waals surface area contributed by atoms with E-state index in [1.807, 2.05) is 62.4 Å². The van der Waals surface area contributed by atoms with Gasteiger partial charge in [-0.05, 0) is 80.0 Å². The second-order valence-electron chi connectivity index (χ2n) is 9.04. The lowest BCUT2D eigenvalue weighted by atomic mass is 9.89. The van der Waals surface area contributed by atoms with Crippen molar-refractivity contribution in [1.29, 1.82) is 0 Å². The first-order chi connectivity index (χ1) is 16.4. The van der Waals surface area contributed by atoms with E-state index in [-0.39, 0.29) is 17.2 Å². The van der Waals surface area contributed by atoms with Crippen LogP contribution in [0.15, 0.2) is 58.5 Å². The molecule has 0 bridgehead atoms. The molecule has 0 fully saturated rings. The molecular weight excluding hydrogens is 462 g/mol. The van der Waals surface area contributed by atoms with Crippen LogP contribution in [0.2, 0.25) is 0 Å². The Morgan fingerprint density at radius 1 is 1.18 bits per heavy atom. The Hall–Kier alpha value is -2.90. The number of carbonyl (C=O) groups is 1. The van der Waals surface area contributed by atoms with Crippen LogP contribution in [0.3, 0.4) is 0 Å². The highest BCUT2D eigenvalue weighted by Gasteiger charge is 2.25. The van der Waals surface area contributed by atoms with E-state index in [1.54, 1.807) is 15.9 Å².